The average Bonchev–Trinajstić information content (AvgIpc) is 2.96. The van der Waals surface area contributed by atoms with Crippen LogP contribution in [0.4, 0.5) is 4.39 Å². The minimum Gasteiger partial charge on any atom is -0.493 e. The summed E-state index contributed by atoms with van der Waals surface area (Å²) in [7, 11) is 1.75. The molecule has 0 radical (unpaired) electrons. The van der Waals surface area contributed by atoms with Crippen molar-refractivity contribution in [2.24, 2.45) is 5.92 Å². The zero-order valence-electron chi connectivity index (χ0n) is 24.8. The molecule has 0 bridgehead atoms. The van der Waals surface area contributed by atoms with Gasteiger partial charge < -0.3 is 25.6 Å². The first kappa shape index (κ1) is 32.6. The summed E-state index contributed by atoms with van der Waals surface area (Å²) in [5.74, 6) is -1.30. The Morgan fingerprint density at radius 3 is 2.48 bits per heavy atom. The largest absolute Gasteiger partial charge is 0.493 e. The van der Waals surface area contributed by atoms with Crippen LogP contribution >= 0.6 is 0 Å². The van der Waals surface area contributed by atoms with Crippen LogP contribution in [0.3, 0.4) is 0 Å². The summed E-state index contributed by atoms with van der Waals surface area (Å²) in [6, 6.07) is 10.8. The van der Waals surface area contributed by atoms with E-state index in [9.17, 15) is 23.6 Å². The highest BCUT2D eigenvalue weighted by molar-refractivity contribution is 5.99. The van der Waals surface area contributed by atoms with Gasteiger partial charge in [-0.25, -0.2) is 4.39 Å². The van der Waals surface area contributed by atoms with Crippen LogP contribution in [0.15, 0.2) is 48.5 Å². The van der Waals surface area contributed by atoms with Gasteiger partial charge >= 0.3 is 0 Å². The van der Waals surface area contributed by atoms with E-state index in [2.05, 4.69) is 16.0 Å². The normalized spacial score (nSPS) is 19.8. The van der Waals surface area contributed by atoms with E-state index in [0.717, 1.165) is 25.7 Å². The van der Waals surface area contributed by atoms with E-state index in [1.807, 2.05) is 13.8 Å². The van der Waals surface area contributed by atoms with E-state index in [-0.39, 0.29) is 42.9 Å². The summed E-state index contributed by atoms with van der Waals surface area (Å²) >= 11 is 0. The molecule has 3 N–H and O–H groups in total. The lowest BCUT2D eigenvalue weighted by Crippen LogP contribution is -2.49. The number of para-hydroxylation sites is 1. The number of hydrogen-bond donors (Lipinski definition) is 3. The number of benzene rings is 2. The van der Waals surface area contributed by atoms with Gasteiger partial charge in [0, 0.05) is 26.6 Å². The summed E-state index contributed by atoms with van der Waals surface area (Å²) in [5.41, 5.74) is 0.975. The Kier molecular flexibility index (Phi) is 12.8. The van der Waals surface area contributed by atoms with Gasteiger partial charge in [0.15, 0.2) is 0 Å². The quantitative estimate of drug-likeness (QED) is 0.494. The number of carbonyl (C=O) groups is 4. The predicted molar refractivity (Wildman–Crippen MR) is 158 cm³/mol. The molecule has 0 fully saturated rings. The highest BCUT2D eigenvalue weighted by Crippen LogP contribution is 2.19. The molecular weight excluding hydrogens is 539 g/mol. The number of nitrogens with one attached hydrogen (secondary N) is 3. The molecular formula is C32H43FN4O5. The predicted octanol–water partition coefficient (Wildman–Crippen LogP) is 3.96. The van der Waals surface area contributed by atoms with Crippen LogP contribution < -0.4 is 20.7 Å². The molecule has 2 aromatic rings. The van der Waals surface area contributed by atoms with E-state index in [1.54, 1.807) is 48.3 Å². The number of likely N-dealkylation sites (N-methyl/N-ethyl adjacent to an activating group) is 1. The van der Waals surface area contributed by atoms with Crippen LogP contribution in [-0.2, 0) is 20.9 Å². The van der Waals surface area contributed by atoms with Crippen molar-refractivity contribution < 1.29 is 28.3 Å². The number of hydrogen-bond acceptors (Lipinski definition) is 5. The van der Waals surface area contributed by atoms with Gasteiger partial charge in [-0.1, -0.05) is 51.0 Å². The summed E-state index contributed by atoms with van der Waals surface area (Å²) in [5, 5.41) is 8.40. The molecule has 0 saturated carbocycles. The summed E-state index contributed by atoms with van der Waals surface area (Å²) in [6.07, 6.45) is 3.85. The van der Waals surface area contributed by atoms with Gasteiger partial charge in [0.05, 0.1) is 12.2 Å². The molecule has 9 nitrogen and oxygen atoms in total. The maximum atomic E-state index is 13.3. The molecule has 2 aromatic carbocycles. The number of amides is 4. The first-order chi connectivity index (χ1) is 20.1. The Morgan fingerprint density at radius 1 is 1.02 bits per heavy atom. The van der Waals surface area contributed by atoms with Crippen molar-refractivity contribution in [3.8, 4) is 5.75 Å². The van der Waals surface area contributed by atoms with Crippen molar-refractivity contribution in [1.29, 1.82) is 0 Å². The van der Waals surface area contributed by atoms with Crippen LogP contribution in [0.5, 0.6) is 5.75 Å². The summed E-state index contributed by atoms with van der Waals surface area (Å²) in [6.45, 7) is 5.11. The highest BCUT2D eigenvalue weighted by Gasteiger charge is 2.27. The molecule has 228 valence electrons. The zero-order chi connectivity index (χ0) is 30.5. The Balaban J connectivity index is 1.81. The van der Waals surface area contributed by atoms with Crippen molar-refractivity contribution >= 4 is 23.6 Å². The molecule has 0 saturated heterocycles. The molecule has 4 amide bonds. The highest BCUT2D eigenvalue weighted by atomic mass is 19.1. The minimum absolute atomic E-state index is 0.00821. The molecule has 10 heteroatoms. The molecule has 3 rings (SSSR count). The maximum absolute atomic E-state index is 13.3. The molecule has 1 aliphatic heterocycles. The Hall–Kier alpha value is -3.95. The van der Waals surface area contributed by atoms with E-state index < -0.39 is 23.9 Å². The number of fused-ring (bicyclic) bond motifs is 1. The molecule has 1 aliphatic rings. The standard InChI is InChI=1S/C32H43FN4O5/c1-22(2)20-27-32(41)37(3)18-8-4-5-9-19-42-28-11-7-6-10-25(28)30(39)36-26(16-17-29(38)35-27)31(40)34-21-23-12-14-24(33)15-13-23/h6-7,10-15,22,26-27H,4-5,8-9,16-21H2,1-3H3,(H,34,40)(H,35,38)(H,36,39)/t26-,27-/m0/s1. The lowest BCUT2D eigenvalue weighted by molar-refractivity contribution is -0.136. The van der Waals surface area contributed by atoms with Crippen LogP contribution in [0.1, 0.15) is 74.7 Å². The number of ether oxygens (including phenoxy) is 1. The van der Waals surface area contributed by atoms with E-state index in [0.29, 0.717) is 36.4 Å². The second kappa shape index (κ2) is 16.5. The Labute approximate surface area is 247 Å². The van der Waals surface area contributed by atoms with Gasteiger partial charge in [-0.15, -0.1) is 0 Å². The summed E-state index contributed by atoms with van der Waals surface area (Å²) in [4.78, 5) is 54.5. The zero-order valence-corrected chi connectivity index (χ0v) is 24.8. The lowest BCUT2D eigenvalue weighted by atomic mass is 10.0. The number of rotatable bonds is 5. The minimum atomic E-state index is -1.04. The molecule has 0 unspecified atom stereocenters. The summed E-state index contributed by atoms with van der Waals surface area (Å²) < 4.78 is 19.2. The monoisotopic (exact) mass is 582 g/mol. The second-order valence-corrected chi connectivity index (χ2v) is 11.2. The van der Waals surface area contributed by atoms with Gasteiger partial charge in [-0.05, 0) is 61.4 Å². The Morgan fingerprint density at radius 2 is 1.74 bits per heavy atom. The van der Waals surface area contributed by atoms with Crippen molar-refractivity contribution in [2.45, 2.75) is 77.4 Å². The SMILES string of the molecule is CC(C)C[C@@H]1NC(=O)CC[C@@H](C(=O)NCc2ccc(F)cc2)NC(=O)c2ccccc2OCCCCCCN(C)C1=O. The van der Waals surface area contributed by atoms with Crippen molar-refractivity contribution in [3.05, 3.63) is 65.5 Å². The fourth-order valence-electron chi connectivity index (χ4n) is 4.80. The van der Waals surface area contributed by atoms with Crippen molar-refractivity contribution in [1.82, 2.24) is 20.9 Å². The average molecular weight is 583 g/mol. The van der Waals surface area contributed by atoms with E-state index >= 15 is 0 Å². The number of halogens is 1. The van der Waals surface area contributed by atoms with Crippen LogP contribution in [0.2, 0.25) is 0 Å². The first-order valence-electron chi connectivity index (χ1n) is 14.7. The van der Waals surface area contributed by atoms with Crippen LogP contribution in [0, 0.1) is 11.7 Å². The van der Waals surface area contributed by atoms with Crippen molar-refractivity contribution in [2.75, 3.05) is 20.2 Å². The number of nitrogens with zero attached hydrogens (tertiary/aromatic N) is 1. The van der Waals surface area contributed by atoms with Crippen LogP contribution in [-0.4, -0.2) is 60.8 Å². The van der Waals surface area contributed by atoms with E-state index in [4.69, 9.17) is 4.74 Å². The second-order valence-electron chi connectivity index (χ2n) is 11.2. The van der Waals surface area contributed by atoms with Gasteiger partial charge in [-0.2, -0.15) is 0 Å². The number of carbonyl (C=O) groups excluding carboxylic acids is 4. The lowest BCUT2D eigenvalue weighted by Gasteiger charge is -2.26. The molecule has 42 heavy (non-hydrogen) atoms. The topological polar surface area (TPSA) is 117 Å². The fraction of sp³-hybridized carbons (Fsp3) is 0.500. The third-order valence-electron chi connectivity index (χ3n) is 7.16. The molecule has 1 heterocycles. The third kappa shape index (κ3) is 10.5. The maximum Gasteiger partial charge on any atom is 0.255 e. The third-order valence-corrected chi connectivity index (χ3v) is 7.16. The van der Waals surface area contributed by atoms with Crippen molar-refractivity contribution in [3.63, 3.8) is 0 Å². The fourth-order valence-corrected chi connectivity index (χ4v) is 4.80. The van der Waals surface area contributed by atoms with E-state index in [1.165, 1.54) is 12.1 Å². The van der Waals surface area contributed by atoms with Gasteiger partial charge in [0.2, 0.25) is 17.7 Å². The Bertz CT molecular complexity index is 1200. The first-order valence-corrected chi connectivity index (χ1v) is 14.7. The molecule has 2 atom stereocenters. The molecule has 0 aliphatic carbocycles. The van der Waals surface area contributed by atoms with Gasteiger partial charge in [-0.3, -0.25) is 19.2 Å². The van der Waals surface area contributed by atoms with Crippen LogP contribution in [0.25, 0.3) is 0 Å². The molecule has 0 spiro atoms. The van der Waals surface area contributed by atoms with Gasteiger partial charge in [0.25, 0.3) is 5.91 Å². The smallest absolute Gasteiger partial charge is 0.255 e. The van der Waals surface area contributed by atoms with Gasteiger partial charge in [0.1, 0.15) is 23.7 Å². The molecule has 0 aromatic heterocycles.